The van der Waals surface area contributed by atoms with Crippen LogP contribution in [0.2, 0.25) is 0 Å². The lowest BCUT2D eigenvalue weighted by Crippen LogP contribution is -2.39. The summed E-state index contributed by atoms with van der Waals surface area (Å²) in [6, 6.07) is 13.3. The van der Waals surface area contributed by atoms with E-state index in [1.54, 1.807) is 12.1 Å². The number of likely N-dealkylation sites (tertiary alicyclic amines) is 1. The van der Waals surface area contributed by atoms with Crippen LogP contribution in [0.5, 0.6) is 0 Å². The van der Waals surface area contributed by atoms with Gasteiger partial charge in [-0.1, -0.05) is 23.8 Å². The van der Waals surface area contributed by atoms with Crippen LogP contribution >= 0.6 is 0 Å². The molecule has 7 heteroatoms. The lowest BCUT2D eigenvalue weighted by atomic mass is 9.97. The van der Waals surface area contributed by atoms with Gasteiger partial charge in [0.05, 0.1) is 22.2 Å². The summed E-state index contributed by atoms with van der Waals surface area (Å²) in [5.41, 5.74) is 3.83. The van der Waals surface area contributed by atoms with E-state index < -0.39 is 0 Å². The van der Waals surface area contributed by atoms with Gasteiger partial charge >= 0.3 is 0 Å². The van der Waals surface area contributed by atoms with E-state index >= 15 is 0 Å². The van der Waals surface area contributed by atoms with E-state index in [0.717, 1.165) is 41.8 Å². The monoisotopic (exact) mass is 430 g/mol. The number of nitrogens with zero attached hydrogens (tertiary/aromatic N) is 3. The van der Waals surface area contributed by atoms with E-state index in [1.165, 1.54) is 4.90 Å². The number of benzene rings is 2. The minimum atomic E-state index is -0.264. The molecule has 3 amide bonds. The van der Waals surface area contributed by atoms with Crippen LogP contribution in [-0.2, 0) is 4.79 Å². The summed E-state index contributed by atoms with van der Waals surface area (Å²) in [7, 11) is 0. The van der Waals surface area contributed by atoms with Crippen molar-refractivity contribution in [2.24, 2.45) is 0 Å². The first-order valence-electron chi connectivity index (χ1n) is 11.2. The highest BCUT2D eigenvalue weighted by Crippen LogP contribution is 2.28. The average molecular weight is 431 g/mol. The van der Waals surface area contributed by atoms with Gasteiger partial charge in [-0.15, -0.1) is 0 Å². The summed E-state index contributed by atoms with van der Waals surface area (Å²) in [5.74, 6) is 0.673. The number of para-hydroxylation sites is 2. The molecular formula is C25H26N4O3. The molecule has 2 aliphatic rings. The van der Waals surface area contributed by atoms with Crippen LogP contribution in [0.15, 0.2) is 42.5 Å². The lowest BCUT2D eigenvalue weighted by Gasteiger charge is -2.32. The van der Waals surface area contributed by atoms with E-state index in [0.29, 0.717) is 30.5 Å². The predicted octanol–water partition coefficient (Wildman–Crippen LogP) is 3.65. The molecule has 2 aliphatic heterocycles. The molecule has 1 saturated heterocycles. The van der Waals surface area contributed by atoms with Crippen molar-refractivity contribution in [1.82, 2.24) is 19.8 Å². The summed E-state index contributed by atoms with van der Waals surface area (Å²) in [6.07, 6.45) is 2.72. The van der Waals surface area contributed by atoms with Crippen LogP contribution in [0.25, 0.3) is 11.0 Å². The molecule has 5 rings (SSSR count). The first-order valence-corrected chi connectivity index (χ1v) is 11.2. The Morgan fingerprint density at radius 1 is 1.12 bits per heavy atom. The van der Waals surface area contributed by atoms with Crippen molar-refractivity contribution in [2.45, 2.75) is 38.5 Å². The standard InChI is InChI=1S/C25H26N4O3/c1-16-10-11-18-19(14-16)25(32)29(24(18)31)13-5-9-22(30)28-12-4-6-17(15-28)23-26-20-7-2-3-8-21(20)27-23/h2-3,7-8,10-11,14,17H,4-6,9,12-13,15H2,1H3,(H,26,27). The molecule has 1 unspecified atom stereocenters. The zero-order chi connectivity index (χ0) is 22.2. The van der Waals surface area contributed by atoms with Crippen LogP contribution < -0.4 is 0 Å². The van der Waals surface area contributed by atoms with E-state index in [4.69, 9.17) is 4.98 Å². The molecule has 3 aromatic rings. The Hall–Kier alpha value is -3.48. The molecular weight excluding hydrogens is 404 g/mol. The third-order valence-electron chi connectivity index (χ3n) is 6.47. The zero-order valence-corrected chi connectivity index (χ0v) is 18.1. The van der Waals surface area contributed by atoms with E-state index in [9.17, 15) is 14.4 Å². The number of aromatic amines is 1. The molecule has 32 heavy (non-hydrogen) atoms. The minimum absolute atomic E-state index is 0.0678. The minimum Gasteiger partial charge on any atom is -0.342 e. The second-order valence-electron chi connectivity index (χ2n) is 8.73. The number of carbonyl (C=O) groups is 3. The van der Waals surface area contributed by atoms with Crippen molar-refractivity contribution in [3.63, 3.8) is 0 Å². The topological polar surface area (TPSA) is 86.4 Å². The summed E-state index contributed by atoms with van der Waals surface area (Å²) in [5, 5.41) is 0. The highest BCUT2D eigenvalue weighted by atomic mass is 16.2. The quantitative estimate of drug-likeness (QED) is 0.626. The molecule has 0 radical (unpaired) electrons. The number of H-pyrrole nitrogens is 1. The van der Waals surface area contributed by atoms with Crippen molar-refractivity contribution >= 4 is 28.8 Å². The Morgan fingerprint density at radius 3 is 2.78 bits per heavy atom. The van der Waals surface area contributed by atoms with Gasteiger partial charge in [0, 0.05) is 32.0 Å². The fraction of sp³-hybridized carbons (Fsp3) is 0.360. The fourth-order valence-electron chi connectivity index (χ4n) is 4.75. The maximum atomic E-state index is 12.9. The highest BCUT2D eigenvalue weighted by Gasteiger charge is 2.35. The number of amides is 3. The molecule has 1 atom stereocenters. The van der Waals surface area contributed by atoms with E-state index in [-0.39, 0.29) is 30.2 Å². The zero-order valence-electron chi connectivity index (χ0n) is 18.1. The second-order valence-corrected chi connectivity index (χ2v) is 8.73. The van der Waals surface area contributed by atoms with Crippen molar-refractivity contribution < 1.29 is 14.4 Å². The van der Waals surface area contributed by atoms with Gasteiger partial charge in [-0.05, 0) is 50.5 Å². The van der Waals surface area contributed by atoms with Gasteiger partial charge in [-0.2, -0.15) is 0 Å². The average Bonchev–Trinajstić information content (AvgIpc) is 3.34. The molecule has 7 nitrogen and oxygen atoms in total. The lowest BCUT2D eigenvalue weighted by molar-refractivity contribution is -0.132. The van der Waals surface area contributed by atoms with Crippen LogP contribution in [0, 0.1) is 6.92 Å². The van der Waals surface area contributed by atoms with E-state index in [2.05, 4.69) is 4.98 Å². The molecule has 0 aliphatic carbocycles. The summed E-state index contributed by atoms with van der Waals surface area (Å²) < 4.78 is 0. The van der Waals surface area contributed by atoms with Gasteiger partial charge < -0.3 is 9.88 Å². The van der Waals surface area contributed by atoms with Crippen molar-refractivity contribution in [2.75, 3.05) is 19.6 Å². The van der Waals surface area contributed by atoms with Gasteiger partial charge in [0.1, 0.15) is 5.82 Å². The SMILES string of the molecule is Cc1ccc2c(c1)C(=O)N(CCCC(=O)N1CCCC(c3nc4ccccc4[nH]3)C1)C2=O. The number of imide groups is 1. The number of aromatic nitrogens is 2. The summed E-state index contributed by atoms with van der Waals surface area (Å²) in [4.78, 5) is 49.3. The summed E-state index contributed by atoms with van der Waals surface area (Å²) in [6.45, 7) is 3.54. The number of nitrogens with one attached hydrogen (secondary N) is 1. The van der Waals surface area contributed by atoms with Crippen molar-refractivity contribution in [3.8, 4) is 0 Å². The van der Waals surface area contributed by atoms with Crippen LogP contribution in [-0.4, -0.2) is 57.1 Å². The van der Waals surface area contributed by atoms with Gasteiger partial charge in [-0.25, -0.2) is 4.98 Å². The molecule has 1 N–H and O–H groups in total. The predicted molar refractivity (Wildman–Crippen MR) is 120 cm³/mol. The number of piperidine rings is 1. The third-order valence-corrected chi connectivity index (χ3v) is 6.47. The fourth-order valence-corrected chi connectivity index (χ4v) is 4.75. The molecule has 164 valence electrons. The number of hydrogen-bond donors (Lipinski definition) is 1. The normalized spacial score (nSPS) is 18.5. The second kappa shape index (κ2) is 8.22. The first-order chi connectivity index (χ1) is 15.5. The molecule has 0 spiro atoms. The van der Waals surface area contributed by atoms with Crippen molar-refractivity contribution in [3.05, 3.63) is 65.0 Å². The Balaban J connectivity index is 1.18. The number of fused-ring (bicyclic) bond motifs is 2. The smallest absolute Gasteiger partial charge is 0.261 e. The largest absolute Gasteiger partial charge is 0.342 e. The number of imidazole rings is 1. The van der Waals surface area contributed by atoms with Crippen LogP contribution in [0.3, 0.4) is 0 Å². The van der Waals surface area contributed by atoms with Gasteiger partial charge in [0.2, 0.25) is 5.91 Å². The highest BCUT2D eigenvalue weighted by molar-refractivity contribution is 6.21. The van der Waals surface area contributed by atoms with Gasteiger partial charge in [0.15, 0.2) is 0 Å². The molecule has 3 heterocycles. The number of carbonyl (C=O) groups excluding carboxylic acids is 3. The Morgan fingerprint density at radius 2 is 1.94 bits per heavy atom. The maximum Gasteiger partial charge on any atom is 0.261 e. The number of hydrogen-bond acceptors (Lipinski definition) is 4. The van der Waals surface area contributed by atoms with Crippen molar-refractivity contribution in [1.29, 1.82) is 0 Å². The summed E-state index contributed by atoms with van der Waals surface area (Å²) >= 11 is 0. The molecule has 1 fully saturated rings. The molecule has 1 aromatic heterocycles. The molecule has 0 bridgehead atoms. The Kier molecular flexibility index (Phi) is 5.25. The van der Waals surface area contributed by atoms with Gasteiger partial charge in [0.25, 0.3) is 11.8 Å². The molecule has 0 saturated carbocycles. The third kappa shape index (κ3) is 3.68. The van der Waals surface area contributed by atoms with Gasteiger partial charge in [-0.3, -0.25) is 19.3 Å². The molecule has 2 aromatic carbocycles. The Labute approximate surface area is 186 Å². The van der Waals surface area contributed by atoms with Crippen LogP contribution in [0.1, 0.15) is 63.7 Å². The van der Waals surface area contributed by atoms with E-state index in [1.807, 2.05) is 42.2 Å². The number of rotatable bonds is 5. The number of aryl methyl sites for hydroxylation is 1. The Bertz CT molecular complexity index is 1180. The van der Waals surface area contributed by atoms with Crippen LogP contribution in [0.4, 0.5) is 0 Å². The maximum absolute atomic E-state index is 12.9. The first kappa shape index (κ1) is 20.4.